The van der Waals surface area contributed by atoms with Crippen molar-refractivity contribution in [2.75, 3.05) is 6.54 Å². The highest BCUT2D eigenvalue weighted by Crippen LogP contribution is 2.19. The first-order valence-corrected chi connectivity index (χ1v) is 8.09. The van der Waals surface area contributed by atoms with Crippen LogP contribution in [0, 0.1) is 18.7 Å². The minimum atomic E-state index is -0.488. The van der Waals surface area contributed by atoms with Crippen LogP contribution in [0.5, 0.6) is 0 Å². The highest BCUT2D eigenvalue weighted by atomic mass is 19.1. The van der Waals surface area contributed by atoms with Crippen LogP contribution in [0.4, 0.5) is 4.39 Å². The highest BCUT2D eigenvalue weighted by Gasteiger charge is 2.28. The minimum Gasteiger partial charge on any atom is -0.345 e. The van der Waals surface area contributed by atoms with Crippen LogP contribution in [0.3, 0.4) is 0 Å². The summed E-state index contributed by atoms with van der Waals surface area (Å²) in [5.74, 6) is -0.230. The molecule has 24 heavy (non-hydrogen) atoms. The fraction of sp³-hybridized carbons (Fsp3) is 0.444. The van der Waals surface area contributed by atoms with Crippen LogP contribution >= 0.6 is 0 Å². The Labute approximate surface area is 142 Å². The summed E-state index contributed by atoms with van der Waals surface area (Å²) in [4.78, 5) is 12.6. The van der Waals surface area contributed by atoms with Crippen molar-refractivity contribution >= 4 is 5.91 Å². The van der Waals surface area contributed by atoms with Crippen molar-refractivity contribution in [3.63, 3.8) is 0 Å². The quantitative estimate of drug-likeness (QED) is 0.854. The van der Waals surface area contributed by atoms with Crippen molar-refractivity contribution in [3.8, 4) is 5.69 Å². The van der Waals surface area contributed by atoms with E-state index in [1.54, 1.807) is 25.1 Å². The van der Waals surface area contributed by atoms with Gasteiger partial charge in [-0.25, -0.2) is 9.07 Å². The van der Waals surface area contributed by atoms with Crippen molar-refractivity contribution in [2.45, 2.75) is 39.7 Å². The second-order valence-electron chi connectivity index (χ2n) is 6.82. The van der Waals surface area contributed by atoms with E-state index in [4.69, 9.17) is 5.73 Å². The summed E-state index contributed by atoms with van der Waals surface area (Å²) < 4.78 is 15.4. The van der Waals surface area contributed by atoms with E-state index < -0.39 is 5.54 Å². The lowest BCUT2D eigenvalue weighted by atomic mass is 9.90. The van der Waals surface area contributed by atoms with Crippen LogP contribution < -0.4 is 11.1 Å². The Bertz CT molecular complexity index is 726. The number of amides is 1. The van der Waals surface area contributed by atoms with E-state index in [9.17, 15) is 9.18 Å². The standard InChI is InChI=1S/C18H25FN4O/c1-12(2)9-18(4,11-20)22-17(24)14-10-21-23(13(14)3)16-8-6-5-7-15(16)19/h5-8,10,12H,9,11,20H2,1-4H3,(H,22,24). The Morgan fingerprint density at radius 3 is 2.67 bits per heavy atom. The molecule has 0 saturated carbocycles. The molecule has 0 aliphatic carbocycles. The second kappa shape index (κ2) is 7.13. The van der Waals surface area contributed by atoms with Gasteiger partial charge in [-0.05, 0) is 38.3 Å². The molecule has 6 heteroatoms. The lowest BCUT2D eigenvalue weighted by Gasteiger charge is -2.31. The van der Waals surface area contributed by atoms with Crippen LogP contribution in [0.1, 0.15) is 43.2 Å². The molecule has 1 atom stereocenters. The lowest BCUT2D eigenvalue weighted by molar-refractivity contribution is 0.0897. The number of aromatic nitrogens is 2. The number of hydrogen-bond acceptors (Lipinski definition) is 3. The van der Waals surface area contributed by atoms with Gasteiger partial charge in [-0.3, -0.25) is 4.79 Å². The molecule has 0 spiro atoms. The third kappa shape index (κ3) is 3.82. The number of nitrogens with one attached hydrogen (secondary N) is 1. The first-order chi connectivity index (χ1) is 11.3. The van der Waals surface area contributed by atoms with Crippen LogP contribution in [0.15, 0.2) is 30.5 Å². The fourth-order valence-corrected chi connectivity index (χ4v) is 2.93. The van der Waals surface area contributed by atoms with Crippen molar-refractivity contribution < 1.29 is 9.18 Å². The third-order valence-electron chi connectivity index (χ3n) is 4.06. The van der Waals surface area contributed by atoms with Crippen LogP contribution in [-0.2, 0) is 0 Å². The number of nitrogens with two attached hydrogens (primary N) is 1. The Balaban J connectivity index is 2.28. The molecular formula is C18H25FN4O. The molecular weight excluding hydrogens is 307 g/mol. The molecule has 0 fully saturated rings. The van der Waals surface area contributed by atoms with Crippen LogP contribution in [-0.4, -0.2) is 27.8 Å². The molecule has 0 aliphatic rings. The molecule has 0 saturated heterocycles. The van der Waals surface area contributed by atoms with Gasteiger partial charge in [0.05, 0.1) is 17.5 Å². The average molecular weight is 332 g/mol. The lowest BCUT2D eigenvalue weighted by Crippen LogP contribution is -2.52. The molecule has 0 bridgehead atoms. The van der Waals surface area contributed by atoms with Crippen molar-refractivity contribution in [2.24, 2.45) is 11.7 Å². The first-order valence-electron chi connectivity index (χ1n) is 8.09. The number of rotatable bonds is 6. The molecule has 130 valence electrons. The zero-order valence-electron chi connectivity index (χ0n) is 14.6. The predicted octanol–water partition coefficient (Wildman–Crippen LogP) is 2.81. The van der Waals surface area contributed by atoms with Crippen LogP contribution in [0.2, 0.25) is 0 Å². The molecule has 1 aromatic heterocycles. The number of carbonyl (C=O) groups is 1. The Morgan fingerprint density at radius 1 is 1.42 bits per heavy atom. The molecule has 1 amide bonds. The number of hydrogen-bond donors (Lipinski definition) is 2. The molecule has 0 aliphatic heterocycles. The number of nitrogens with zero attached hydrogens (tertiary/aromatic N) is 2. The highest BCUT2D eigenvalue weighted by molar-refractivity contribution is 5.95. The Kier molecular flexibility index (Phi) is 5.39. The van der Waals surface area contributed by atoms with Gasteiger partial charge < -0.3 is 11.1 Å². The van der Waals surface area contributed by atoms with Gasteiger partial charge in [-0.1, -0.05) is 26.0 Å². The van der Waals surface area contributed by atoms with E-state index >= 15 is 0 Å². The molecule has 2 aromatic rings. The van der Waals surface area contributed by atoms with Gasteiger partial charge in [0.2, 0.25) is 0 Å². The van der Waals surface area contributed by atoms with Gasteiger partial charge in [0.25, 0.3) is 5.91 Å². The normalized spacial score (nSPS) is 13.8. The van der Waals surface area contributed by atoms with Gasteiger partial charge in [-0.15, -0.1) is 0 Å². The third-order valence-corrected chi connectivity index (χ3v) is 4.06. The summed E-state index contributed by atoms with van der Waals surface area (Å²) in [7, 11) is 0. The SMILES string of the molecule is Cc1c(C(=O)NC(C)(CN)CC(C)C)cnn1-c1ccccc1F. The molecule has 0 radical (unpaired) electrons. The smallest absolute Gasteiger partial charge is 0.255 e. The summed E-state index contributed by atoms with van der Waals surface area (Å²) in [6, 6.07) is 6.33. The number of halogens is 1. The average Bonchev–Trinajstić information content (AvgIpc) is 2.88. The minimum absolute atomic E-state index is 0.247. The summed E-state index contributed by atoms with van der Waals surface area (Å²) in [6.45, 7) is 8.19. The van der Waals surface area contributed by atoms with E-state index in [1.807, 2.05) is 6.92 Å². The molecule has 2 rings (SSSR count). The molecule has 1 unspecified atom stereocenters. The molecule has 1 aromatic carbocycles. The number of carbonyl (C=O) groups excluding carboxylic acids is 1. The fourth-order valence-electron chi connectivity index (χ4n) is 2.93. The maximum atomic E-state index is 14.0. The molecule has 1 heterocycles. The van der Waals surface area contributed by atoms with Gasteiger partial charge in [0, 0.05) is 12.1 Å². The van der Waals surface area contributed by atoms with Gasteiger partial charge in [0.1, 0.15) is 11.5 Å². The Hall–Kier alpha value is -2.21. The maximum absolute atomic E-state index is 14.0. The maximum Gasteiger partial charge on any atom is 0.255 e. The van der Waals surface area contributed by atoms with E-state index in [0.717, 1.165) is 6.42 Å². The summed E-state index contributed by atoms with van der Waals surface area (Å²) >= 11 is 0. The van der Waals surface area contributed by atoms with Gasteiger partial charge in [0.15, 0.2) is 0 Å². The van der Waals surface area contributed by atoms with E-state index in [0.29, 0.717) is 29.4 Å². The molecule has 5 nitrogen and oxygen atoms in total. The summed E-state index contributed by atoms with van der Waals surface area (Å²) in [6.07, 6.45) is 2.24. The first kappa shape index (κ1) is 18.1. The van der Waals surface area contributed by atoms with Crippen LogP contribution in [0.25, 0.3) is 5.69 Å². The largest absolute Gasteiger partial charge is 0.345 e. The number of para-hydroxylation sites is 1. The van der Waals surface area contributed by atoms with E-state index in [2.05, 4.69) is 24.3 Å². The second-order valence-corrected chi connectivity index (χ2v) is 6.82. The zero-order valence-corrected chi connectivity index (χ0v) is 14.6. The molecule has 3 N–H and O–H groups in total. The Morgan fingerprint density at radius 2 is 2.08 bits per heavy atom. The summed E-state index contributed by atoms with van der Waals surface area (Å²) in [5.41, 5.74) is 6.68. The topological polar surface area (TPSA) is 72.9 Å². The number of benzene rings is 1. The van der Waals surface area contributed by atoms with E-state index in [-0.39, 0.29) is 11.7 Å². The van der Waals surface area contributed by atoms with Crippen molar-refractivity contribution in [3.05, 3.63) is 47.5 Å². The zero-order chi connectivity index (χ0) is 17.9. The van der Waals surface area contributed by atoms with E-state index in [1.165, 1.54) is 16.9 Å². The predicted molar refractivity (Wildman–Crippen MR) is 92.6 cm³/mol. The van der Waals surface area contributed by atoms with Gasteiger partial charge in [-0.2, -0.15) is 5.10 Å². The van der Waals surface area contributed by atoms with Crippen molar-refractivity contribution in [1.82, 2.24) is 15.1 Å². The monoisotopic (exact) mass is 332 g/mol. The van der Waals surface area contributed by atoms with Gasteiger partial charge >= 0.3 is 0 Å². The summed E-state index contributed by atoms with van der Waals surface area (Å²) in [5, 5.41) is 7.17. The van der Waals surface area contributed by atoms with Crippen molar-refractivity contribution in [1.29, 1.82) is 0 Å².